The number of thioether (sulfide) groups is 1. The fraction of sp³-hybridized carbons (Fsp3) is 0.381. The summed E-state index contributed by atoms with van der Waals surface area (Å²) in [5, 5.41) is 3.76. The van der Waals surface area contributed by atoms with E-state index in [1.807, 2.05) is 48.5 Å². The van der Waals surface area contributed by atoms with Crippen molar-refractivity contribution in [2.24, 2.45) is 0 Å². The van der Waals surface area contributed by atoms with Gasteiger partial charge in [0.25, 0.3) is 5.91 Å². The van der Waals surface area contributed by atoms with E-state index in [1.165, 1.54) is 10.5 Å². The van der Waals surface area contributed by atoms with Gasteiger partial charge in [-0.3, -0.25) is 9.69 Å². The van der Waals surface area contributed by atoms with Gasteiger partial charge in [0.15, 0.2) is 0 Å². The molecule has 1 heterocycles. The average Bonchev–Trinajstić information content (AvgIpc) is 2.72. The Balaban J connectivity index is 0.00000280. The maximum Gasteiger partial charge on any atom is 0.251 e. The molecule has 1 aliphatic rings. The maximum atomic E-state index is 12.3. The maximum absolute atomic E-state index is 12.3. The van der Waals surface area contributed by atoms with Gasteiger partial charge in [0, 0.05) is 40.9 Å². The Morgan fingerprint density at radius 1 is 1.07 bits per heavy atom. The number of morpholine rings is 1. The van der Waals surface area contributed by atoms with Crippen molar-refractivity contribution in [3.05, 3.63) is 64.7 Å². The van der Waals surface area contributed by atoms with Crippen LogP contribution < -0.4 is 5.32 Å². The molecular weight excluding hydrogens is 415 g/mol. The summed E-state index contributed by atoms with van der Waals surface area (Å²) >= 11 is 7.66. The van der Waals surface area contributed by atoms with E-state index in [-0.39, 0.29) is 18.3 Å². The minimum absolute atomic E-state index is 0. The third-order valence-electron chi connectivity index (χ3n) is 4.48. The van der Waals surface area contributed by atoms with Crippen LogP contribution in [-0.2, 0) is 10.5 Å². The molecule has 3 rings (SSSR count). The molecule has 0 spiro atoms. The molecule has 0 atom stereocenters. The summed E-state index contributed by atoms with van der Waals surface area (Å²) in [6, 6.07) is 15.7. The summed E-state index contributed by atoms with van der Waals surface area (Å²) in [6.07, 6.45) is 0.960. The Morgan fingerprint density at radius 3 is 2.43 bits per heavy atom. The lowest BCUT2D eigenvalue weighted by molar-refractivity contribution is 0.0374. The van der Waals surface area contributed by atoms with Gasteiger partial charge in [-0.25, -0.2) is 0 Å². The molecule has 0 radical (unpaired) electrons. The molecule has 0 unspecified atom stereocenters. The highest BCUT2D eigenvalue weighted by Gasteiger charge is 2.10. The van der Waals surface area contributed by atoms with Crippen molar-refractivity contribution in [3.63, 3.8) is 0 Å². The number of halogens is 2. The van der Waals surface area contributed by atoms with E-state index in [0.29, 0.717) is 12.1 Å². The van der Waals surface area contributed by atoms with E-state index in [9.17, 15) is 4.79 Å². The van der Waals surface area contributed by atoms with Crippen molar-refractivity contribution >= 4 is 41.7 Å². The summed E-state index contributed by atoms with van der Waals surface area (Å²) in [5.41, 5.74) is 1.90. The van der Waals surface area contributed by atoms with Crippen molar-refractivity contribution in [3.8, 4) is 0 Å². The molecule has 1 amide bonds. The van der Waals surface area contributed by atoms with Crippen molar-refractivity contribution in [1.29, 1.82) is 0 Å². The molecule has 1 fully saturated rings. The molecule has 0 aromatic heterocycles. The lowest BCUT2D eigenvalue weighted by Crippen LogP contribution is -2.38. The quantitative estimate of drug-likeness (QED) is 0.484. The topological polar surface area (TPSA) is 41.6 Å². The number of hydrogen-bond acceptors (Lipinski definition) is 4. The van der Waals surface area contributed by atoms with Crippen molar-refractivity contribution in [2.45, 2.75) is 17.1 Å². The molecule has 7 heteroatoms. The van der Waals surface area contributed by atoms with Crippen LogP contribution in [0.15, 0.2) is 53.4 Å². The first-order valence-corrected chi connectivity index (χ1v) is 10.6. The van der Waals surface area contributed by atoms with Crippen molar-refractivity contribution in [2.75, 3.05) is 39.4 Å². The number of nitrogens with zero attached hydrogens (tertiary/aromatic N) is 1. The van der Waals surface area contributed by atoms with Gasteiger partial charge in [-0.15, -0.1) is 24.2 Å². The second-order valence-electron chi connectivity index (χ2n) is 6.50. The van der Waals surface area contributed by atoms with E-state index in [1.54, 1.807) is 11.8 Å². The number of carbonyl (C=O) groups is 1. The van der Waals surface area contributed by atoms with Gasteiger partial charge in [-0.1, -0.05) is 23.7 Å². The third kappa shape index (κ3) is 7.64. The van der Waals surface area contributed by atoms with Crippen LogP contribution in [0.1, 0.15) is 22.3 Å². The number of benzene rings is 2. The highest BCUT2D eigenvalue weighted by atomic mass is 35.5. The van der Waals surface area contributed by atoms with E-state index in [0.717, 1.165) is 50.0 Å². The highest BCUT2D eigenvalue weighted by Crippen LogP contribution is 2.24. The Morgan fingerprint density at radius 2 is 1.75 bits per heavy atom. The standard InChI is InChI=1S/C21H25ClN2O2S.ClH/c22-19-6-8-20(9-7-19)27-16-17-2-4-18(5-3-17)21(25)23-10-1-11-24-12-14-26-15-13-24;/h2-9H,1,10-16H2,(H,23,25);1H. The smallest absolute Gasteiger partial charge is 0.251 e. The predicted octanol–water partition coefficient (Wildman–Crippen LogP) is 4.51. The van der Waals surface area contributed by atoms with Crippen molar-refractivity contribution in [1.82, 2.24) is 10.2 Å². The lowest BCUT2D eigenvalue weighted by Gasteiger charge is -2.26. The van der Waals surface area contributed by atoms with Crippen LogP contribution in [0.4, 0.5) is 0 Å². The van der Waals surface area contributed by atoms with Gasteiger partial charge >= 0.3 is 0 Å². The second-order valence-corrected chi connectivity index (χ2v) is 7.99. The number of amides is 1. The summed E-state index contributed by atoms with van der Waals surface area (Å²) in [5.74, 6) is 0.859. The average molecular weight is 441 g/mol. The number of rotatable bonds is 8. The lowest BCUT2D eigenvalue weighted by atomic mass is 10.1. The molecule has 1 N–H and O–H groups in total. The van der Waals surface area contributed by atoms with Gasteiger partial charge < -0.3 is 10.1 Å². The molecule has 1 aliphatic heterocycles. The van der Waals surface area contributed by atoms with Crippen LogP contribution in [0, 0.1) is 0 Å². The molecule has 0 aliphatic carbocycles. The van der Waals surface area contributed by atoms with Gasteiger partial charge in [-0.05, 0) is 54.9 Å². The highest BCUT2D eigenvalue weighted by molar-refractivity contribution is 7.98. The van der Waals surface area contributed by atoms with E-state index in [2.05, 4.69) is 10.2 Å². The zero-order valence-corrected chi connectivity index (χ0v) is 18.1. The molecule has 1 saturated heterocycles. The predicted molar refractivity (Wildman–Crippen MR) is 119 cm³/mol. The van der Waals surface area contributed by atoms with Crippen LogP contribution in [0.25, 0.3) is 0 Å². The Labute approximate surface area is 182 Å². The molecule has 2 aromatic carbocycles. The fourth-order valence-corrected chi connectivity index (χ4v) is 3.86. The van der Waals surface area contributed by atoms with Crippen LogP contribution >= 0.6 is 35.8 Å². The molecule has 4 nitrogen and oxygen atoms in total. The second kappa shape index (κ2) is 12.3. The zero-order valence-electron chi connectivity index (χ0n) is 15.7. The SMILES string of the molecule is Cl.O=C(NCCCN1CCOCC1)c1ccc(CSc2ccc(Cl)cc2)cc1. The van der Waals surface area contributed by atoms with Crippen LogP contribution in [-0.4, -0.2) is 50.2 Å². The zero-order chi connectivity index (χ0) is 18.9. The molecule has 2 aromatic rings. The first kappa shape index (κ1) is 23.0. The van der Waals surface area contributed by atoms with Gasteiger partial charge in [0.2, 0.25) is 0 Å². The van der Waals surface area contributed by atoms with Crippen molar-refractivity contribution < 1.29 is 9.53 Å². The monoisotopic (exact) mass is 440 g/mol. The fourth-order valence-electron chi connectivity index (χ4n) is 2.88. The van der Waals surface area contributed by atoms with Gasteiger partial charge in [0.1, 0.15) is 0 Å². The molecule has 0 saturated carbocycles. The minimum atomic E-state index is -0.00566. The van der Waals surface area contributed by atoms with Crippen LogP contribution in [0.5, 0.6) is 0 Å². The normalized spacial score (nSPS) is 14.3. The summed E-state index contributed by atoms with van der Waals surface area (Å²) in [4.78, 5) is 15.8. The summed E-state index contributed by atoms with van der Waals surface area (Å²) in [6.45, 7) is 5.31. The molecule has 28 heavy (non-hydrogen) atoms. The first-order valence-electron chi connectivity index (χ1n) is 9.26. The van der Waals surface area contributed by atoms with Gasteiger partial charge in [-0.2, -0.15) is 0 Å². The summed E-state index contributed by atoms with van der Waals surface area (Å²) < 4.78 is 5.34. The Bertz CT molecular complexity index is 720. The Kier molecular flexibility index (Phi) is 10.2. The molecular formula is C21H26Cl2N2O2S. The number of hydrogen-bond donors (Lipinski definition) is 1. The number of nitrogens with one attached hydrogen (secondary N) is 1. The third-order valence-corrected chi connectivity index (χ3v) is 5.81. The van der Waals surface area contributed by atoms with E-state index < -0.39 is 0 Å². The summed E-state index contributed by atoms with van der Waals surface area (Å²) in [7, 11) is 0. The van der Waals surface area contributed by atoms with Crippen LogP contribution in [0.2, 0.25) is 5.02 Å². The van der Waals surface area contributed by atoms with Gasteiger partial charge in [0.05, 0.1) is 13.2 Å². The van der Waals surface area contributed by atoms with E-state index in [4.69, 9.17) is 16.3 Å². The molecule has 0 bridgehead atoms. The minimum Gasteiger partial charge on any atom is -0.379 e. The first-order chi connectivity index (χ1) is 13.2. The van der Waals surface area contributed by atoms with E-state index >= 15 is 0 Å². The molecule has 152 valence electrons. The Hall–Kier alpha value is -1.24. The largest absolute Gasteiger partial charge is 0.379 e. The number of carbonyl (C=O) groups excluding carboxylic acids is 1. The number of ether oxygens (including phenoxy) is 1. The van der Waals surface area contributed by atoms with Crippen LogP contribution in [0.3, 0.4) is 0 Å².